The van der Waals surface area contributed by atoms with E-state index >= 15 is 0 Å². The van der Waals surface area contributed by atoms with Crippen molar-refractivity contribution >= 4 is 32.8 Å². The average molecular weight is 457 g/mol. The molecule has 0 spiro atoms. The summed E-state index contributed by atoms with van der Waals surface area (Å²) >= 11 is 0. The molecule has 0 amide bonds. The Bertz CT molecular complexity index is 1030. The topological polar surface area (TPSA) is 180 Å². The molecule has 31 heavy (non-hydrogen) atoms. The zero-order valence-corrected chi connectivity index (χ0v) is 17.9. The second kappa shape index (κ2) is 9.45. The van der Waals surface area contributed by atoms with E-state index in [1.807, 2.05) is 24.3 Å². The molecule has 4 aliphatic rings. The molecule has 6 N–H and O–H groups in total. The number of hydrogen-bond acceptors (Lipinski definition) is 6. The Hall–Kier alpha value is -2.31. The van der Waals surface area contributed by atoms with Crippen LogP contribution in [-0.4, -0.2) is 76.5 Å². The van der Waals surface area contributed by atoms with Gasteiger partial charge < -0.3 is 20.7 Å². The monoisotopic (exact) mass is 456 g/mol. The van der Waals surface area contributed by atoms with E-state index in [0.29, 0.717) is 36.2 Å². The number of aromatic nitrogens is 1. The van der Waals surface area contributed by atoms with Gasteiger partial charge in [0.05, 0.1) is 18.4 Å². The Morgan fingerprint density at radius 3 is 2.29 bits per heavy atom. The summed E-state index contributed by atoms with van der Waals surface area (Å²) in [6.45, 7) is 0.600. The molecule has 0 saturated carbocycles. The molecule has 2 aromatic rings. The maximum absolute atomic E-state index is 12.6. The van der Waals surface area contributed by atoms with Gasteiger partial charge in [-0.25, -0.2) is 4.79 Å². The molecule has 4 fully saturated rings. The lowest BCUT2D eigenvalue weighted by Crippen LogP contribution is -2.63. The van der Waals surface area contributed by atoms with Gasteiger partial charge in [0.1, 0.15) is 11.9 Å². The number of carbonyl (C=O) groups is 2. The van der Waals surface area contributed by atoms with Crippen LogP contribution in [0.1, 0.15) is 36.0 Å². The minimum Gasteiger partial charge on any atom is -0.459 e. The lowest BCUT2D eigenvalue weighted by atomic mass is 9.72. The fourth-order valence-electron chi connectivity index (χ4n) is 4.87. The molecule has 6 rings (SSSR count). The third-order valence-electron chi connectivity index (χ3n) is 6.00. The fourth-order valence-corrected chi connectivity index (χ4v) is 4.87. The first-order valence-corrected chi connectivity index (χ1v) is 11.5. The summed E-state index contributed by atoms with van der Waals surface area (Å²) in [5, 5.41) is 0.909. The lowest BCUT2D eigenvalue weighted by Gasteiger charge is -2.54. The molecule has 4 saturated heterocycles. The van der Waals surface area contributed by atoms with Crippen LogP contribution in [-0.2, 0) is 19.6 Å². The predicted octanol–water partition coefficient (Wildman–Crippen LogP) is 0.374. The number of nitrogens with zero attached hydrogens (tertiary/aromatic N) is 1. The van der Waals surface area contributed by atoms with Gasteiger partial charge >= 0.3 is 5.97 Å². The van der Waals surface area contributed by atoms with Gasteiger partial charge in [-0.2, -0.15) is 8.42 Å². The molecule has 10 nitrogen and oxygen atoms in total. The molecule has 5 atom stereocenters. The van der Waals surface area contributed by atoms with Crippen molar-refractivity contribution in [2.75, 3.05) is 12.8 Å². The largest absolute Gasteiger partial charge is 0.459 e. The van der Waals surface area contributed by atoms with Crippen molar-refractivity contribution in [3.8, 4) is 0 Å². The Morgan fingerprint density at radius 2 is 1.71 bits per heavy atom. The summed E-state index contributed by atoms with van der Waals surface area (Å²) < 4.78 is 31.7. The van der Waals surface area contributed by atoms with Crippen LogP contribution in [0.25, 0.3) is 10.9 Å². The highest BCUT2D eigenvalue weighted by atomic mass is 32.2. The van der Waals surface area contributed by atoms with Gasteiger partial charge in [0.15, 0.2) is 0 Å². The predicted molar refractivity (Wildman–Crippen MR) is 113 cm³/mol. The van der Waals surface area contributed by atoms with Gasteiger partial charge in [0.25, 0.3) is 10.1 Å². The molecular weight excluding hydrogens is 428 g/mol. The van der Waals surface area contributed by atoms with Gasteiger partial charge in [0.2, 0.25) is 0 Å². The molecular formula is C20H28N2O8S. The second-order valence-electron chi connectivity index (χ2n) is 8.09. The van der Waals surface area contributed by atoms with E-state index in [1.54, 1.807) is 6.20 Å². The molecule has 5 heterocycles. The molecule has 1 aromatic heterocycles. The van der Waals surface area contributed by atoms with Gasteiger partial charge in [-0.3, -0.25) is 14.2 Å². The van der Waals surface area contributed by atoms with Crippen molar-refractivity contribution in [1.29, 1.82) is 0 Å². The average Bonchev–Trinajstić information content (AvgIpc) is 3.04. The van der Waals surface area contributed by atoms with Crippen LogP contribution in [0.15, 0.2) is 30.5 Å². The van der Waals surface area contributed by atoms with Crippen LogP contribution >= 0.6 is 0 Å². The minimum absolute atomic E-state index is 0. The fraction of sp³-hybridized carbons (Fsp3) is 0.500. The van der Waals surface area contributed by atoms with Gasteiger partial charge in [-0.05, 0) is 18.9 Å². The Morgan fingerprint density at radius 1 is 1.13 bits per heavy atom. The van der Waals surface area contributed by atoms with E-state index in [1.165, 1.54) is 0 Å². The number of carbonyl (C=O) groups excluding carboxylic acids is 2. The first-order valence-electron chi connectivity index (χ1n) is 9.67. The van der Waals surface area contributed by atoms with Crippen molar-refractivity contribution in [3.63, 3.8) is 0 Å². The number of esters is 1. The zero-order chi connectivity index (χ0) is 20.8. The summed E-state index contributed by atoms with van der Waals surface area (Å²) in [7, 11) is -3.67. The van der Waals surface area contributed by atoms with Gasteiger partial charge in [-0.15, -0.1) is 0 Å². The smallest absolute Gasteiger partial charge is 0.340 e. The maximum Gasteiger partial charge on any atom is 0.340 e. The number of H-pyrrole nitrogens is 1. The number of ketones is 1. The van der Waals surface area contributed by atoms with E-state index in [9.17, 15) is 18.0 Å². The lowest BCUT2D eigenvalue weighted by molar-refractivity contribution is -0.145. The minimum atomic E-state index is -3.67. The molecule has 4 aliphatic heterocycles. The van der Waals surface area contributed by atoms with Crippen molar-refractivity contribution in [3.05, 3.63) is 36.0 Å². The number of hydrogen-bond donors (Lipinski definition) is 2. The molecule has 11 heteroatoms. The molecule has 1 aromatic carbocycles. The summed E-state index contributed by atoms with van der Waals surface area (Å²) in [5.41, 5.74) is 1.56. The maximum atomic E-state index is 12.6. The standard InChI is InChI=1S/C19H20N2O3.CH4O3S.2H2O/c22-18-10-21-12-5-11(18)6-13(21)8-14(7-12)24-19(23)16-9-20-17-4-2-1-3-15(16)17;1-5(2,3)4;;/h1-4,9,11-14,20H,5-8,10H2;1H3,(H,2,3,4);2*1H2/t11-,12+,13-,14-;;;. The number of aromatic amines is 1. The van der Waals surface area contributed by atoms with Gasteiger partial charge in [-0.1, -0.05) is 18.2 Å². The van der Waals surface area contributed by atoms with Crippen LogP contribution in [0.3, 0.4) is 0 Å². The third-order valence-corrected chi connectivity index (χ3v) is 6.00. The number of piperidine rings is 4. The van der Waals surface area contributed by atoms with Gasteiger partial charge in [0, 0.05) is 47.9 Å². The van der Waals surface area contributed by atoms with Crippen molar-refractivity contribution in [2.45, 2.75) is 43.9 Å². The van der Waals surface area contributed by atoms with Crippen LogP contribution in [0, 0.1) is 5.92 Å². The van der Waals surface area contributed by atoms with E-state index in [-0.39, 0.29) is 28.9 Å². The van der Waals surface area contributed by atoms with E-state index in [4.69, 9.17) is 9.29 Å². The van der Waals surface area contributed by atoms with Crippen molar-refractivity contribution < 1.29 is 38.2 Å². The Labute approximate surface area is 179 Å². The van der Waals surface area contributed by atoms with E-state index in [2.05, 4.69) is 9.88 Å². The summed E-state index contributed by atoms with van der Waals surface area (Å²) in [5.74, 6) is 0.403. The number of ether oxygens (including phenoxy) is 1. The van der Waals surface area contributed by atoms with Crippen molar-refractivity contribution in [2.24, 2.45) is 5.92 Å². The number of rotatable bonds is 2. The summed E-state index contributed by atoms with van der Waals surface area (Å²) in [6, 6.07) is 8.58. The number of Topliss-reactive ketones (excluding diaryl/α,β-unsaturated/α-hetero) is 1. The Kier molecular flexibility index (Phi) is 7.61. The molecule has 172 valence electrons. The SMILES string of the molecule is CS(=O)(=O)O.O.O.O=C(O[C@@H]1C[C@@H]2C[C@@H]3C[C@H](C1)N2CC3=O)c1c[nH]c2ccccc12. The van der Waals surface area contributed by atoms with Crippen LogP contribution in [0.5, 0.6) is 0 Å². The summed E-state index contributed by atoms with van der Waals surface area (Å²) in [6.07, 6.45) is 6.01. The van der Waals surface area contributed by atoms with Crippen LogP contribution in [0.2, 0.25) is 0 Å². The number of benzene rings is 1. The second-order valence-corrected chi connectivity index (χ2v) is 9.56. The van der Waals surface area contributed by atoms with E-state index < -0.39 is 10.1 Å². The summed E-state index contributed by atoms with van der Waals surface area (Å²) in [4.78, 5) is 30.0. The highest BCUT2D eigenvalue weighted by molar-refractivity contribution is 7.85. The normalized spacial score (nSPS) is 28.6. The first kappa shape index (κ1) is 25.0. The Balaban J connectivity index is 0.000000443. The highest BCUT2D eigenvalue weighted by Crippen LogP contribution is 2.42. The van der Waals surface area contributed by atoms with Crippen LogP contribution in [0.4, 0.5) is 0 Å². The molecule has 0 radical (unpaired) electrons. The molecule has 0 aliphatic carbocycles. The highest BCUT2D eigenvalue weighted by Gasteiger charge is 2.49. The van der Waals surface area contributed by atoms with E-state index in [0.717, 1.165) is 36.6 Å². The number of para-hydroxylation sites is 1. The number of fused-ring (bicyclic) bond motifs is 2. The third kappa shape index (κ3) is 5.49. The number of nitrogens with one attached hydrogen (secondary N) is 1. The zero-order valence-electron chi connectivity index (χ0n) is 17.1. The first-order chi connectivity index (χ1) is 13.7. The quantitative estimate of drug-likeness (QED) is 0.484. The van der Waals surface area contributed by atoms with Crippen LogP contribution < -0.4 is 0 Å². The molecule has 4 bridgehead atoms. The van der Waals surface area contributed by atoms with Crippen molar-refractivity contribution in [1.82, 2.24) is 9.88 Å². The molecule has 1 unspecified atom stereocenters.